The molecule has 0 bridgehead atoms. The molecule has 1 aromatic rings. The molecule has 5 heteroatoms. The minimum absolute atomic E-state index is 0.0399. The lowest BCUT2D eigenvalue weighted by Crippen LogP contribution is -2.31. The Bertz CT molecular complexity index is 556. The third-order valence-corrected chi connectivity index (χ3v) is 3.95. The number of amides is 1. The van der Waals surface area contributed by atoms with Gasteiger partial charge in [-0.2, -0.15) is 0 Å². The molecule has 1 amide bonds. The molecular weight excluding hydrogens is 294 g/mol. The normalized spacial score (nSPS) is 12.8. The van der Waals surface area contributed by atoms with Gasteiger partial charge in [-0.25, -0.2) is 0 Å². The van der Waals surface area contributed by atoms with E-state index in [-0.39, 0.29) is 24.5 Å². The standard InChI is InChI=1S/C18H25NO4/c1-3-5-10-19(4-2)18(21)9-7-15(20)14-6-8-16-17(13-14)23-12-11-22-16/h6,8,13H,3-5,7,9-12H2,1-2H3. The molecule has 0 spiro atoms. The van der Waals surface area contributed by atoms with E-state index in [9.17, 15) is 9.59 Å². The lowest BCUT2D eigenvalue weighted by molar-refractivity contribution is -0.131. The van der Waals surface area contributed by atoms with Gasteiger partial charge in [-0.3, -0.25) is 9.59 Å². The summed E-state index contributed by atoms with van der Waals surface area (Å²) in [5, 5.41) is 0. The number of rotatable bonds is 8. The Morgan fingerprint density at radius 2 is 1.83 bits per heavy atom. The van der Waals surface area contributed by atoms with Crippen LogP contribution in [0.15, 0.2) is 18.2 Å². The van der Waals surface area contributed by atoms with Crippen molar-refractivity contribution in [1.29, 1.82) is 0 Å². The van der Waals surface area contributed by atoms with Gasteiger partial charge in [-0.15, -0.1) is 0 Å². The Hall–Kier alpha value is -2.04. The maximum Gasteiger partial charge on any atom is 0.223 e. The van der Waals surface area contributed by atoms with Crippen LogP contribution in [0.2, 0.25) is 0 Å². The summed E-state index contributed by atoms with van der Waals surface area (Å²) in [4.78, 5) is 26.3. The minimum atomic E-state index is -0.0399. The van der Waals surface area contributed by atoms with E-state index < -0.39 is 0 Å². The van der Waals surface area contributed by atoms with E-state index in [1.54, 1.807) is 18.2 Å². The molecule has 0 radical (unpaired) electrons. The number of hydrogen-bond acceptors (Lipinski definition) is 4. The van der Waals surface area contributed by atoms with Gasteiger partial charge in [0, 0.05) is 31.5 Å². The number of benzene rings is 1. The Morgan fingerprint density at radius 3 is 2.52 bits per heavy atom. The van der Waals surface area contributed by atoms with Crippen LogP contribution in [0.5, 0.6) is 11.5 Å². The first kappa shape index (κ1) is 17.3. The maximum atomic E-state index is 12.3. The zero-order valence-electron chi connectivity index (χ0n) is 14.0. The van der Waals surface area contributed by atoms with Crippen LogP contribution in [0, 0.1) is 0 Å². The predicted molar refractivity (Wildman–Crippen MR) is 88.2 cm³/mol. The second-order valence-corrected chi connectivity index (χ2v) is 5.61. The number of carbonyl (C=O) groups is 2. The molecule has 23 heavy (non-hydrogen) atoms. The van der Waals surface area contributed by atoms with Gasteiger partial charge in [0.05, 0.1) is 0 Å². The van der Waals surface area contributed by atoms with Crippen molar-refractivity contribution >= 4 is 11.7 Å². The highest BCUT2D eigenvalue weighted by Gasteiger charge is 2.17. The topological polar surface area (TPSA) is 55.8 Å². The number of nitrogens with zero attached hydrogens (tertiary/aromatic N) is 1. The SMILES string of the molecule is CCCCN(CC)C(=O)CCC(=O)c1ccc2c(c1)OCCO2. The van der Waals surface area contributed by atoms with Gasteiger partial charge in [0.15, 0.2) is 17.3 Å². The minimum Gasteiger partial charge on any atom is -0.486 e. The van der Waals surface area contributed by atoms with E-state index >= 15 is 0 Å². The second kappa shape index (κ2) is 8.56. The molecule has 1 aromatic carbocycles. The van der Waals surface area contributed by atoms with Gasteiger partial charge in [-0.05, 0) is 31.5 Å². The Morgan fingerprint density at radius 1 is 1.09 bits per heavy atom. The Labute approximate surface area is 137 Å². The summed E-state index contributed by atoms with van der Waals surface area (Å²) in [6.07, 6.45) is 2.53. The lowest BCUT2D eigenvalue weighted by atomic mass is 10.1. The first-order valence-electron chi connectivity index (χ1n) is 8.36. The second-order valence-electron chi connectivity index (χ2n) is 5.61. The average molecular weight is 319 g/mol. The lowest BCUT2D eigenvalue weighted by Gasteiger charge is -2.20. The molecule has 1 aliphatic heterocycles. The van der Waals surface area contributed by atoms with Crippen molar-refractivity contribution in [1.82, 2.24) is 4.90 Å². The van der Waals surface area contributed by atoms with E-state index in [2.05, 4.69) is 6.92 Å². The van der Waals surface area contributed by atoms with Gasteiger partial charge >= 0.3 is 0 Å². The van der Waals surface area contributed by atoms with Crippen molar-refractivity contribution in [2.45, 2.75) is 39.5 Å². The highest BCUT2D eigenvalue weighted by Crippen LogP contribution is 2.31. The van der Waals surface area contributed by atoms with E-state index in [0.29, 0.717) is 36.8 Å². The van der Waals surface area contributed by atoms with Crippen molar-refractivity contribution in [3.8, 4) is 11.5 Å². The largest absolute Gasteiger partial charge is 0.486 e. The quantitative estimate of drug-likeness (QED) is 0.691. The molecule has 126 valence electrons. The summed E-state index contributed by atoms with van der Waals surface area (Å²) in [5.74, 6) is 1.28. The molecule has 0 unspecified atom stereocenters. The van der Waals surface area contributed by atoms with Crippen LogP contribution in [-0.4, -0.2) is 42.9 Å². The third kappa shape index (κ3) is 4.71. The summed E-state index contributed by atoms with van der Waals surface area (Å²) in [7, 11) is 0. The number of fused-ring (bicyclic) bond motifs is 1. The average Bonchev–Trinajstić information content (AvgIpc) is 2.59. The monoisotopic (exact) mass is 319 g/mol. The summed E-state index contributed by atoms with van der Waals surface area (Å²) in [6.45, 7) is 6.55. The molecule has 1 heterocycles. The first-order chi connectivity index (χ1) is 11.2. The number of hydrogen-bond donors (Lipinski definition) is 0. The zero-order chi connectivity index (χ0) is 16.7. The molecule has 0 saturated carbocycles. The molecule has 0 N–H and O–H groups in total. The van der Waals surface area contributed by atoms with Crippen LogP contribution in [0.3, 0.4) is 0 Å². The Kier molecular flexibility index (Phi) is 6.44. The van der Waals surface area contributed by atoms with Gasteiger partial charge < -0.3 is 14.4 Å². The summed E-state index contributed by atoms with van der Waals surface area (Å²) >= 11 is 0. The van der Waals surface area contributed by atoms with Crippen LogP contribution in [-0.2, 0) is 4.79 Å². The molecule has 0 atom stereocenters. The highest BCUT2D eigenvalue weighted by atomic mass is 16.6. The van der Waals surface area contributed by atoms with Crippen molar-refractivity contribution in [3.05, 3.63) is 23.8 Å². The number of ketones is 1. The summed E-state index contributed by atoms with van der Waals surface area (Å²) in [5.41, 5.74) is 0.568. The van der Waals surface area contributed by atoms with Crippen molar-refractivity contribution in [2.75, 3.05) is 26.3 Å². The van der Waals surface area contributed by atoms with Crippen LogP contribution in [0.25, 0.3) is 0 Å². The van der Waals surface area contributed by atoms with Crippen molar-refractivity contribution < 1.29 is 19.1 Å². The van der Waals surface area contributed by atoms with E-state index in [1.807, 2.05) is 11.8 Å². The summed E-state index contributed by atoms with van der Waals surface area (Å²) < 4.78 is 10.9. The van der Waals surface area contributed by atoms with Crippen LogP contribution in [0.1, 0.15) is 49.9 Å². The molecule has 0 aromatic heterocycles. The van der Waals surface area contributed by atoms with Gasteiger partial charge in [0.1, 0.15) is 13.2 Å². The first-order valence-corrected chi connectivity index (χ1v) is 8.36. The number of unbranched alkanes of at least 4 members (excludes halogenated alkanes) is 1. The predicted octanol–water partition coefficient (Wildman–Crippen LogP) is 3.07. The third-order valence-electron chi connectivity index (χ3n) is 3.95. The molecule has 0 saturated heterocycles. The van der Waals surface area contributed by atoms with Gasteiger partial charge in [-0.1, -0.05) is 13.3 Å². The maximum absolute atomic E-state index is 12.3. The number of ether oxygens (including phenoxy) is 2. The van der Waals surface area contributed by atoms with Gasteiger partial charge in [0.2, 0.25) is 5.91 Å². The number of Topliss-reactive ketones (excluding diaryl/α,β-unsaturated/α-hetero) is 1. The molecule has 1 aliphatic rings. The molecule has 5 nitrogen and oxygen atoms in total. The van der Waals surface area contributed by atoms with Crippen LogP contribution in [0.4, 0.5) is 0 Å². The Balaban J connectivity index is 1.90. The molecule has 2 rings (SSSR count). The smallest absolute Gasteiger partial charge is 0.223 e. The van der Waals surface area contributed by atoms with Crippen molar-refractivity contribution in [3.63, 3.8) is 0 Å². The van der Waals surface area contributed by atoms with Crippen LogP contribution >= 0.6 is 0 Å². The fourth-order valence-corrected chi connectivity index (χ4v) is 2.55. The molecular formula is C18H25NO4. The van der Waals surface area contributed by atoms with Crippen LogP contribution < -0.4 is 9.47 Å². The fourth-order valence-electron chi connectivity index (χ4n) is 2.55. The van der Waals surface area contributed by atoms with Crippen molar-refractivity contribution in [2.24, 2.45) is 0 Å². The molecule has 0 fully saturated rings. The molecule has 0 aliphatic carbocycles. The zero-order valence-corrected chi connectivity index (χ0v) is 14.0. The van der Waals surface area contributed by atoms with E-state index in [1.165, 1.54) is 0 Å². The van der Waals surface area contributed by atoms with E-state index in [0.717, 1.165) is 19.4 Å². The highest BCUT2D eigenvalue weighted by molar-refractivity contribution is 5.98. The van der Waals surface area contributed by atoms with Gasteiger partial charge in [0.25, 0.3) is 0 Å². The number of carbonyl (C=O) groups excluding carboxylic acids is 2. The fraction of sp³-hybridized carbons (Fsp3) is 0.556. The van der Waals surface area contributed by atoms with E-state index in [4.69, 9.17) is 9.47 Å². The summed E-state index contributed by atoms with van der Waals surface area (Å²) in [6, 6.07) is 5.19.